The Morgan fingerprint density at radius 1 is 0.444 bits per heavy atom. The van der Waals surface area contributed by atoms with Gasteiger partial charge in [0.1, 0.15) is 0 Å². The summed E-state index contributed by atoms with van der Waals surface area (Å²) in [6, 6.07) is 22.0. The van der Waals surface area contributed by atoms with Crippen LogP contribution < -0.4 is 10.6 Å². The smallest absolute Gasteiger partial charge is 0.0701 e. The Hall–Kier alpha value is -0.820. The van der Waals surface area contributed by atoms with Gasteiger partial charge in [0.2, 0.25) is 0 Å². The fraction of sp³-hybridized carbons (Fsp3) is 0.455. The van der Waals surface area contributed by atoms with Gasteiger partial charge in [0, 0.05) is 0 Å². The molecule has 0 aromatic heterocycles. The Balaban J connectivity index is 1.69. The van der Waals surface area contributed by atoms with Crippen LogP contribution in [0.3, 0.4) is 0 Å². The van der Waals surface area contributed by atoms with Crippen LogP contribution in [0, 0.1) is 0 Å². The van der Waals surface area contributed by atoms with Gasteiger partial charge in [0.25, 0.3) is 0 Å². The van der Waals surface area contributed by atoms with E-state index in [4.69, 9.17) is 14.2 Å². The molecular weight excluding hydrogens is 374 g/mol. The summed E-state index contributed by atoms with van der Waals surface area (Å²) in [5, 5.41) is 2.99. The molecule has 0 saturated carbocycles. The molecule has 2 atom stereocenters. The average molecular weight is 404 g/mol. The molecule has 0 aliphatic carbocycles. The van der Waals surface area contributed by atoms with Gasteiger partial charge in [-0.05, 0) is 35.3 Å². The van der Waals surface area contributed by atoms with E-state index in [2.05, 4.69) is 60.7 Å². The Morgan fingerprint density at radius 3 is 1.22 bits per heavy atom. The predicted molar refractivity (Wildman–Crippen MR) is 118 cm³/mol. The Labute approximate surface area is 165 Å². The zero-order chi connectivity index (χ0) is 18.6. The zero-order valence-electron chi connectivity index (χ0n) is 16.0. The maximum atomic E-state index is 5.83. The third-order valence-corrected chi connectivity index (χ3v) is 10.0. The second-order valence-corrected chi connectivity index (χ2v) is 11.5. The summed E-state index contributed by atoms with van der Waals surface area (Å²) in [5.41, 5.74) is 0. The molecule has 1 aliphatic heterocycles. The molecule has 0 bridgehead atoms. The van der Waals surface area contributed by atoms with Crippen LogP contribution in [0.15, 0.2) is 60.7 Å². The molecule has 2 aromatic carbocycles. The Bertz CT molecular complexity index is 568. The second kappa shape index (κ2) is 12.6. The summed E-state index contributed by atoms with van der Waals surface area (Å²) in [4.78, 5) is 0. The van der Waals surface area contributed by atoms with Crippen LogP contribution in [0.2, 0.25) is 0 Å². The van der Waals surface area contributed by atoms with Gasteiger partial charge in [-0.1, -0.05) is 76.5 Å². The highest BCUT2D eigenvalue weighted by atomic mass is 31.1. The van der Waals surface area contributed by atoms with E-state index in [-0.39, 0.29) is 15.8 Å². The van der Waals surface area contributed by atoms with E-state index in [1.54, 1.807) is 0 Å². The minimum Gasteiger partial charge on any atom is -0.379 e. The summed E-state index contributed by atoms with van der Waals surface area (Å²) in [7, 11) is -0.379. The minimum absolute atomic E-state index is 0.189. The van der Waals surface area contributed by atoms with E-state index in [0.29, 0.717) is 26.4 Å². The highest BCUT2D eigenvalue weighted by Gasteiger charge is 2.16. The first-order valence-electron chi connectivity index (χ1n) is 9.77. The molecule has 3 nitrogen and oxygen atoms in total. The summed E-state index contributed by atoms with van der Waals surface area (Å²) in [5.74, 6) is 0. The Morgan fingerprint density at radius 2 is 0.815 bits per heavy atom. The first-order chi connectivity index (χ1) is 13.4. The van der Waals surface area contributed by atoms with Crippen LogP contribution in [0.5, 0.6) is 0 Å². The molecule has 1 saturated heterocycles. The topological polar surface area (TPSA) is 27.7 Å². The first kappa shape index (κ1) is 20.9. The van der Waals surface area contributed by atoms with Crippen molar-refractivity contribution in [2.75, 3.05) is 64.3 Å². The van der Waals surface area contributed by atoms with Gasteiger partial charge < -0.3 is 14.2 Å². The standard InChI is InChI=1S/C22H30O3P2/c1-3-7-21(8-4-1)26-17-15-24-13-11-23-12-14-25-16-18-27(20-19-26)22-9-5-2-6-10-22/h1-10H,11-20H2. The van der Waals surface area contributed by atoms with Crippen molar-refractivity contribution in [1.82, 2.24) is 0 Å². The molecule has 5 heteroatoms. The van der Waals surface area contributed by atoms with Crippen molar-refractivity contribution in [1.29, 1.82) is 0 Å². The largest absolute Gasteiger partial charge is 0.379 e. The summed E-state index contributed by atoms with van der Waals surface area (Å²) in [6.07, 6.45) is 4.79. The molecule has 1 aliphatic rings. The maximum Gasteiger partial charge on any atom is 0.0701 e. The molecule has 146 valence electrons. The summed E-state index contributed by atoms with van der Waals surface area (Å²) in [6.45, 7) is 4.31. The van der Waals surface area contributed by atoms with E-state index in [1.165, 1.54) is 22.9 Å². The van der Waals surface area contributed by atoms with Gasteiger partial charge in [-0.2, -0.15) is 0 Å². The molecule has 1 fully saturated rings. The van der Waals surface area contributed by atoms with Crippen LogP contribution in [-0.4, -0.2) is 64.3 Å². The van der Waals surface area contributed by atoms with Gasteiger partial charge in [0.05, 0.1) is 39.6 Å². The fourth-order valence-corrected chi connectivity index (χ4v) is 8.45. The van der Waals surface area contributed by atoms with Crippen LogP contribution in [0.4, 0.5) is 0 Å². The lowest BCUT2D eigenvalue weighted by Crippen LogP contribution is -2.15. The van der Waals surface area contributed by atoms with Crippen LogP contribution in [-0.2, 0) is 14.2 Å². The van der Waals surface area contributed by atoms with Gasteiger partial charge in [0.15, 0.2) is 0 Å². The van der Waals surface area contributed by atoms with Crippen molar-refractivity contribution < 1.29 is 14.2 Å². The monoisotopic (exact) mass is 404 g/mol. The van der Waals surface area contributed by atoms with E-state index < -0.39 is 0 Å². The van der Waals surface area contributed by atoms with Crippen molar-refractivity contribution >= 4 is 26.5 Å². The van der Waals surface area contributed by atoms with E-state index >= 15 is 0 Å². The molecule has 3 rings (SSSR count). The average Bonchev–Trinajstić information content (AvgIpc) is 2.74. The molecular formula is C22H30O3P2. The molecule has 0 N–H and O–H groups in total. The lowest BCUT2D eigenvalue weighted by molar-refractivity contribution is 0.0204. The number of rotatable bonds is 2. The maximum absolute atomic E-state index is 5.83. The molecule has 0 spiro atoms. The normalized spacial score (nSPS) is 23.9. The molecule has 2 unspecified atom stereocenters. The molecule has 27 heavy (non-hydrogen) atoms. The van der Waals surface area contributed by atoms with Gasteiger partial charge >= 0.3 is 0 Å². The number of ether oxygens (including phenoxy) is 3. The van der Waals surface area contributed by atoms with Crippen molar-refractivity contribution in [3.8, 4) is 0 Å². The van der Waals surface area contributed by atoms with Gasteiger partial charge in [-0.15, -0.1) is 0 Å². The lowest BCUT2D eigenvalue weighted by atomic mass is 10.4. The van der Waals surface area contributed by atoms with E-state index in [0.717, 1.165) is 25.5 Å². The van der Waals surface area contributed by atoms with Crippen molar-refractivity contribution in [2.45, 2.75) is 0 Å². The van der Waals surface area contributed by atoms with E-state index in [1.807, 2.05) is 0 Å². The van der Waals surface area contributed by atoms with E-state index in [9.17, 15) is 0 Å². The minimum atomic E-state index is -0.189. The molecule has 0 amide bonds. The number of hydrogen-bond acceptors (Lipinski definition) is 3. The van der Waals surface area contributed by atoms with Crippen molar-refractivity contribution in [3.63, 3.8) is 0 Å². The van der Waals surface area contributed by atoms with Crippen LogP contribution in [0.25, 0.3) is 0 Å². The van der Waals surface area contributed by atoms with Crippen molar-refractivity contribution in [3.05, 3.63) is 60.7 Å². The third kappa shape index (κ3) is 7.60. The van der Waals surface area contributed by atoms with Crippen molar-refractivity contribution in [2.24, 2.45) is 0 Å². The molecule has 1 heterocycles. The zero-order valence-corrected chi connectivity index (χ0v) is 17.8. The lowest BCUT2D eigenvalue weighted by Gasteiger charge is -2.23. The van der Waals surface area contributed by atoms with Gasteiger partial charge in [-0.25, -0.2) is 0 Å². The summed E-state index contributed by atoms with van der Waals surface area (Å²) < 4.78 is 17.3. The Kier molecular flexibility index (Phi) is 9.76. The SMILES string of the molecule is c1ccc(P2CCOCCOCCOCCP(c3ccccc3)CC2)cc1. The predicted octanol–water partition coefficient (Wildman–Crippen LogP) is 3.66. The fourth-order valence-electron chi connectivity index (χ4n) is 3.15. The third-order valence-electron chi connectivity index (χ3n) is 4.64. The van der Waals surface area contributed by atoms with Gasteiger partial charge in [-0.3, -0.25) is 0 Å². The highest BCUT2D eigenvalue weighted by Crippen LogP contribution is 2.41. The highest BCUT2D eigenvalue weighted by molar-refractivity contribution is 7.69. The summed E-state index contributed by atoms with van der Waals surface area (Å²) >= 11 is 0. The molecule has 2 aromatic rings. The molecule has 0 radical (unpaired) electrons. The first-order valence-corrected chi connectivity index (χ1v) is 13.2. The second-order valence-electron chi connectivity index (χ2n) is 6.48. The number of hydrogen-bond donors (Lipinski definition) is 0. The van der Waals surface area contributed by atoms with Crippen LogP contribution >= 0.6 is 15.8 Å². The van der Waals surface area contributed by atoms with Crippen LogP contribution in [0.1, 0.15) is 0 Å². The number of benzene rings is 2. The quantitative estimate of drug-likeness (QED) is 0.715.